The number of rotatable bonds is 21. The van der Waals surface area contributed by atoms with Crippen molar-refractivity contribution < 1.29 is 61.1 Å². The van der Waals surface area contributed by atoms with Gasteiger partial charge in [0, 0.05) is 57.7 Å². The monoisotopic (exact) mass is 1570 g/mol. The second-order valence-electron chi connectivity index (χ2n) is 29.5. The molecule has 3 amide bonds. The van der Waals surface area contributed by atoms with Gasteiger partial charge in [-0.05, 0) is 236 Å². The van der Waals surface area contributed by atoms with Gasteiger partial charge >= 0.3 is 0 Å². The van der Waals surface area contributed by atoms with Crippen molar-refractivity contribution in [3.63, 3.8) is 0 Å². The van der Waals surface area contributed by atoms with Crippen LogP contribution in [0.5, 0.6) is 17.2 Å². The first-order valence-electron chi connectivity index (χ1n) is 38.3. The minimum atomic E-state index is -0.390. The molecule has 9 aromatic rings. The van der Waals surface area contributed by atoms with Crippen LogP contribution in [0.1, 0.15) is 168 Å². The molecule has 3 aliphatic heterocycles. The van der Waals surface area contributed by atoms with Crippen molar-refractivity contribution in [2.75, 3.05) is 83.6 Å². The molecule has 0 spiro atoms. The Morgan fingerprint density at radius 2 is 0.818 bits per heavy atom. The maximum atomic E-state index is 14.2. The fourth-order valence-corrected chi connectivity index (χ4v) is 18.3. The van der Waals surface area contributed by atoms with Crippen molar-refractivity contribution in [1.82, 2.24) is 55.7 Å². The van der Waals surface area contributed by atoms with Gasteiger partial charge in [-0.2, -0.15) is 0 Å². The smallest absolute Gasteiger partial charge is 0.261 e. The number of hydrogen-bond acceptors (Lipinski definition) is 24. The van der Waals surface area contributed by atoms with Crippen LogP contribution in [0.15, 0.2) is 73.6 Å². The summed E-state index contributed by atoms with van der Waals surface area (Å²) in [7, 11) is 7.66. The minimum Gasteiger partial charge on any atom is -0.488 e. The lowest BCUT2D eigenvalue weighted by Gasteiger charge is -2.29. The molecular weight excluding hydrogens is 1470 g/mol. The fourth-order valence-electron chi connectivity index (χ4n) is 15.2. The minimum absolute atomic E-state index is 0.00285. The number of nitrogens with one attached hydrogen (secondary N) is 6. The summed E-state index contributed by atoms with van der Waals surface area (Å²) in [6, 6.07) is 13.6. The summed E-state index contributed by atoms with van der Waals surface area (Å²) < 4.78 is 77.7. The van der Waals surface area contributed by atoms with Gasteiger partial charge < -0.3 is 75.2 Å². The van der Waals surface area contributed by atoms with Crippen molar-refractivity contribution in [1.29, 1.82) is 0 Å². The molecule has 1 atom stereocenters. The van der Waals surface area contributed by atoms with E-state index in [0.717, 1.165) is 167 Å². The Labute approximate surface area is 650 Å². The number of benzene rings is 3. The molecule has 1 unspecified atom stereocenters. The average Bonchev–Trinajstić information content (AvgIpc) is 1.64. The van der Waals surface area contributed by atoms with Gasteiger partial charge in [-0.3, -0.25) is 14.4 Å². The molecule has 110 heavy (non-hydrogen) atoms. The number of halogens is 3. The van der Waals surface area contributed by atoms with Crippen LogP contribution in [0.2, 0.25) is 0 Å². The number of methoxy groups -OCH3 is 2. The number of carbonyl (C=O) groups excluding carboxylic acids is 3. The SMILES string of the molecule is COC1CCC(Oc2cc(F)ccc2Nc2ncnc3sc(C(=O)NC4CCN(C)CC4)c(C)c23)CC1.COC1CCC(Oc2cc(F)ccc2Nc2ncnc3sc(C(=O)NCC4CCCCO4)c(C)c23)CC1.Cc1c(C(=O)NC2CCN(C)CC2)sc2ncnc(Nc3ccc(F)cc3OC3CCC(O)CC3)c12. The number of aromatic nitrogens is 6. The van der Waals surface area contributed by atoms with Crippen LogP contribution in [-0.4, -0.2) is 185 Å². The predicted molar refractivity (Wildman–Crippen MR) is 424 cm³/mol. The predicted octanol–water partition coefficient (Wildman–Crippen LogP) is 14.9. The summed E-state index contributed by atoms with van der Waals surface area (Å²) >= 11 is 4.05. The Hall–Kier alpha value is -8.46. The van der Waals surface area contributed by atoms with Crippen LogP contribution in [0.3, 0.4) is 0 Å². The molecule has 6 aromatic heterocycles. The molecule has 15 rings (SSSR count). The zero-order chi connectivity index (χ0) is 77.0. The maximum Gasteiger partial charge on any atom is 0.261 e. The van der Waals surface area contributed by atoms with Crippen LogP contribution in [0, 0.1) is 38.2 Å². The summed E-state index contributed by atoms with van der Waals surface area (Å²) in [5.41, 5.74) is 4.27. The molecule has 6 aliphatic rings. The molecule has 7 N–H and O–H groups in total. The van der Waals surface area contributed by atoms with E-state index >= 15 is 0 Å². The Kier molecular flexibility index (Phi) is 27.0. The molecule has 3 saturated heterocycles. The van der Waals surface area contributed by atoms with E-state index < -0.39 is 0 Å². The zero-order valence-electron chi connectivity index (χ0n) is 63.4. The lowest BCUT2D eigenvalue weighted by Crippen LogP contribution is -2.43. The number of amides is 3. The topological polar surface area (TPSA) is 283 Å². The largest absolute Gasteiger partial charge is 0.488 e. The highest BCUT2D eigenvalue weighted by Gasteiger charge is 2.31. The molecule has 3 aromatic carbocycles. The molecule has 9 heterocycles. The summed E-state index contributed by atoms with van der Waals surface area (Å²) in [5, 5.41) is 31.5. The number of fused-ring (bicyclic) bond motifs is 3. The summed E-state index contributed by atoms with van der Waals surface area (Å²) in [4.78, 5) is 74.5. The number of carbonyl (C=O) groups is 3. The van der Waals surface area contributed by atoms with Crippen molar-refractivity contribution in [2.45, 2.75) is 198 Å². The normalized spacial score (nSPS) is 21.6. The number of anilines is 6. The molecule has 24 nitrogen and oxygen atoms in total. The third-order valence-electron chi connectivity index (χ3n) is 21.7. The number of ether oxygens (including phenoxy) is 6. The number of hydrogen-bond donors (Lipinski definition) is 7. The molecular formula is C80H99F3N14O10S3. The Bertz CT molecular complexity index is 4640. The second-order valence-corrected chi connectivity index (χ2v) is 32.5. The highest BCUT2D eigenvalue weighted by atomic mass is 32.1. The Balaban J connectivity index is 0.000000145. The van der Waals surface area contributed by atoms with Gasteiger partial charge in [0.2, 0.25) is 0 Å². The number of piperidine rings is 2. The van der Waals surface area contributed by atoms with Gasteiger partial charge in [0.25, 0.3) is 17.7 Å². The Morgan fingerprint density at radius 3 is 1.16 bits per heavy atom. The van der Waals surface area contributed by atoms with Gasteiger partial charge in [0.1, 0.15) is 85.6 Å². The maximum absolute atomic E-state index is 14.2. The van der Waals surface area contributed by atoms with Crippen LogP contribution in [0.25, 0.3) is 30.6 Å². The fraction of sp³-hybridized carbons (Fsp3) is 0.512. The summed E-state index contributed by atoms with van der Waals surface area (Å²) in [6.07, 6.45) is 21.4. The number of aliphatic hydroxyl groups excluding tert-OH is 1. The van der Waals surface area contributed by atoms with E-state index in [-0.39, 0.29) is 90.0 Å². The molecule has 0 bridgehead atoms. The molecule has 588 valence electrons. The standard InChI is InChI=1S/C27H34FN5O3S.C27H33FN4O4S.C26H32FN5O3S/c1-16-23-25(29-15-30-27(23)37-24(16)26(34)31-18-10-12-33(2)13-11-18)32-21-9-4-17(28)14-22(21)36-20-7-5-19(35-3)6-8-20;1-16-23-25(30-15-31-27(23)37-24(16)26(33)29-14-20-5-3-4-12-35-20)32-21-11-6-17(28)13-22(21)36-19-9-7-18(34-2)8-10-19;1-15-22-24(31-20-8-3-16(27)13-21(20)35-19-6-4-18(33)5-7-19)28-14-29-26(22)36-23(15)25(34)30-17-9-11-32(2)12-10-17/h4,9,14-15,18-20H,5-8,10-13H2,1-3H3,(H,31,34)(H,29,30,32);6,11,13,15,18-20H,3-5,7-10,12,14H2,1-2H3,(H,29,33)(H,30,31,32);3,8,13-14,17-19,33H,4-7,9-12H2,1-2H3,(H,30,34)(H,28,29,31). The summed E-state index contributed by atoms with van der Waals surface area (Å²) in [6.45, 7) is 10.9. The number of nitrogens with zero attached hydrogens (tertiary/aromatic N) is 8. The van der Waals surface area contributed by atoms with E-state index in [1.807, 2.05) is 20.8 Å². The van der Waals surface area contributed by atoms with E-state index in [1.54, 1.807) is 32.4 Å². The number of aliphatic hydroxyl groups is 1. The van der Waals surface area contributed by atoms with Crippen molar-refractivity contribution in [3.8, 4) is 17.2 Å². The quantitative estimate of drug-likeness (QED) is 0.0352. The third-order valence-corrected chi connectivity index (χ3v) is 25.3. The first-order valence-corrected chi connectivity index (χ1v) is 40.8. The van der Waals surface area contributed by atoms with E-state index in [9.17, 15) is 32.7 Å². The van der Waals surface area contributed by atoms with Crippen LogP contribution < -0.4 is 46.1 Å². The van der Waals surface area contributed by atoms with E-state index in [4.69, 9.17) is 28.4 Å². The third kappa shape index (κ3) is 20.1. The summed E-state index contributed by atoms with van der Waals surface area (Å²) in [5.74, 6) is 1.52. The van der Waals surface area contributed by atoms with Gasteiger partial charge in [-0.1, -0.05) is 0 Å². The molecule has 30 heteroatoms. The van der Waals surface area contributed by atoms with E-state index in [1.165, 1.54) is 89.4 Å². The first kappa shape index (κ1) is 79.6. The average molecular weight is 1570 g/mol. The lowest BCUT2D eigenvalue weighted by atomic mass is 9.95. The van der Waals surface area contributed by atoms with Crippen molar-refractivity contribution >= 4 is 117 Å². The van der Waals surface area contributed by atoms with Gasteiger partial charge in [-0.25, -0.2) is 43.1 Å². The van der Waals surface area contributed by atoms with Crippen LogP contribution in [-0.2, 0) is 14.2 Å². The van der Waals surface area contributed by atoms with Gasteiger partial charge in [-0.15, -0.1) is 34.0 Å². The van der Waals surface area contributed by atoms with Crippen molar-refractivity contribution in [2.24, 2.45) is 0 Å². The van der Waals surface area contributed by atoms with Gasteiger partial charge in [0.05, 0.1) is 90.6 Å². The lowest BCUT2D eigenvalue weighted by molar-refractivity contribution is 0.0169. The molecule has 3 saturated carbocycles. The molecule has 0 radical (unpaired) electrons. The van der Waals surface area contributed by atoms with Crippen molar-refractivity contribution in [3.05, 3.63) is 122 Å². The highest BCUT2D eigenvalue weighted by molar-refractivity contribution is 7.21. The van der Waals surface area contributed by atoms with Crippen LogP contribution in [0.4, 0.5) is 47.7 Å². The molecule has 3 aliphatic carbocycles. The highest BCUT2D eigenvalue weighted by Crippen LogP contribution is 2.42. The number of aryl methyl sites for hydroxylation is 3. The van der Waals surface area contributed by atoms with Crippen LogP contribution >= 0.6 is 34.0 Å². The molecule has 6 fully saturated rings. The van der Waals surface area contributed by atoms with E-state index in [0.29, 0.717) is 108 Å². The Morgan fingerprint density at radius 1 is 0.473 bits per heavy atom. The van der Waals surface area contributed by atoms with E-state index in [2.05, 4.69) is 85.7 Å². The van der Waals surface area contributed by atoms with Gasteiger partial charge in [0.15, 0.2) is 0 Å². The zero-order valence-corrected chi connectivity index (χ0v) is 65.8. The first-order chi connectivity index (χ1) is 53.3. The number of likely N-dealkylation sites (tertiary alicyclic amines) is 2. The number of thiophene rings is 3. The second kappa shape index (κ2) is 37.2.